The van der Waals surface area contributed by atoms with E-state index in [1.54, 1.807) is 0 Å². The standard InChI is InChI=1S/C15H19N3O4/c1-10(2)8-12(13-17-18-15(20)22-13)16-14(19)21-9-11-6-4-3-5-7-11/h3-7,10,12H,8-9H2,1-2H3,(H,16,19)(H,18,20). The van der Waals surface area contributed by atoms with Gasteiger partial charge in [0.25, 0.3) is 0 Å². The first kappa shape index (κ1) is 15.8. The Kier molecular flexibility index (Phi) is 5.35. The van der Waals surface area contributed by atoms with E-state index in [0.717, 1.165) is 5.56 Å². The number of benzene rings is 1. The van der Waals surface area contributed by atoms with Crippen molar-refractivity contribution in [1.29, 1.82) is 0 Å². The summed E-state index contributed by atoms with van der Waals surface area (Å²) in [5.41, 5.74) is 0.893. The molecule has 118 valence electrons. The van der Waals surface area contributed by atoms with Gasteiger partial charge in [0, 0.05) is 0 Å². The zero-order valence-corrected chi connectivity index (χ0v) is 12.5. The summed E-state index contributed by atoms with van der Waals surface area (Å²) in [6.45, 7) is 4.16. The van der Waals surface area contributed by atoms with Crippen molar-refractivity contribution < 1.29 is 13.9 Å². The number of hydrogen-bond donors (Lipinski definition) is 2. The van der Waals surface area contributed by atoms with E-state index in [1.165, 1.54) is 0 Å². The first-order valence-electron chi connectivity index (χ1n) is 7.07. The highest BCUT2D eigenvalue weighted by atomic mass is 16.5. The molecule has 22 heavy (non-hydrogen) atoms. The summed E-state index contributed by atoms with van der Waals surface area (Å²) < 4.78 is 10.1. The number of nitrogens with zero attached hydrogens (tertiary/aromatic N) is 1. The molecule has 0 radical (unpaired) electrons. The third kappa shape index (κ3) is 4.76. The molecule has 0 aliphatic rings. The minimum Gasteiger partial charge on any atom is -0.445 e. The summed E-state index contributed by atoms with van der Waals surface area (Å²) >= 11 is 0. The summed E-state index contributed by atoms with van der Waals surface area (Å²) in [5.74, 6) is -0.222. The van der Waals surface area contributed by atoms with Gasteiger partial charge in [0.1, 0.15) is 12.6 Å². The smallest absolute Gasteiger partial charge is 0.434 e. The van der Waals surface area contributed by atoms with Crippen molar-refractivity contribution in [1.82, 2.24) is 15.5 Å². The second-order valence-corrected chi connectivity index (χ2v) is 5.34. The number of carbonyl (C=O) groups is 1. The Hall–Kier alpha value is -2.57. The van der Waals surface area contributed by atoms with Crippen LogP contribution in [-0.2, 0) is 11.3 Å². The molecule has 0 bridgehead atoms. The van der Waals surface area contributed by atoms with Gasteiger partial charge < -0.3 is 14.5 Å². The fourth-order valence-corrected chi connectivity index (χ4v) is 1.99. The first-order chi connectivity index (χ1) is 10.5. The molecule has 1 aromatic heterocycles. The Morgan fingerprint density at radius 2 is 2.09 bits per heavy atom. The van der Waals surface area contributed by atoms with Crippen molar-refractivity contribution in [3.8, 4) is 0 Å². The molecule has 7 nitrogen and oxygen atoms in total. The van der Waals surface area contributed by atoms with E-state index < -0.39 is 17.9 Å². The third-order valence-corrected chi connectivity index (χ3v) is 2.96. The number of ether oxygens (including phenoxy) is 1. The van der Waals surface area contributed by atoms with Gasteiger partial charge in [0.15, 0.2) is 0 Å². The van der Waals surface area contributed by atoms with Crippen LogP contribution in [-0.4, -0.2) is 16.3 Å². The summed E-state index contributed by atoms with van der Waals surface area (Å²) in [7, 11) is 0. The molecule has 0 aliphatic heterocycles. The average molecular weight is 305 g/mol. The fraction of sp³-hybridized carbons (Fsp3) is 0.400. The van der Waals surface area contributed by atoms with Crippen molar-refractivity contribution in [3.63, 3.8) is 0 Å². The van der Waals surface area contributed by atoms with Crippen LogP contribution in [0.1, 0.15) is 37.8 Å². The van der Waals surface area contributed by atoms with Crippen LogP contribution in [0.4, 0.5) is 4.79 Å². The Morgan fingerprint density at radius 1 is 1.36 bits per heavy atom. The van der Waals surface area contributed by atoms with Crippen molar-refractivity contribution in [2.24, 2.45) is 5.92 Å². The van der Waals surface area contributed by atoms with Crippen molar-refractivity contribution in [2.45, 2.75) is 32.9 Å². The molecule has 7 heteroatoms. The summed E-state index contributed by atoms with van der Waals surface area (Å²) in [6, 6.07) is 8.86. The lowest BCUT2D eigenvalue weighted by atomic mass is 10.0. The van der Waals surface area contributed by atoms with E-state index in [2.05, 4.69) is 15.5 Å². The van der Waals surface area contributed by atoms with E-state index in [-0.39, 0.29) is 18.4 Å². The normalized spacial score (nSPS) is 12.1. The second kappa shape index (κ2) is 7.44. The number of aromatic nitrogens is 2. The molecule has 1 unspecified atom stereocenters. The quantitative estimate of drug-likeness (QED) is 0.854. The fourth-order valence-electron chi connectivity index (χ4n) is 1.99. The molecule has 0 fully saturated rings. The highest BCUT2D eigenvalue weighted by Gasteiger charge is 2.22. The van der Waals surface area contributed by atoms with Gasteiger partial charge >= 0.3 is 11.8 Å². The lowest BCUT2D eigenvalue weighted by molar-refractivity contribution is 0.132. The van der Waals surface area contributed by atoms with Crippen LogP contribution in [0.3, 0.4) is 0 Å². The Balaban J connectivity index is 1.94. The van der Waals surface area contributed by atoms with Crippen LogP contribution in [0.25, 0.3) is 0 Å². The van der Waals surface area contributed by atoms with E-state index >= 15 is 0 Å². The topological polar surface area (TPSA) is 97.2 Å². The molecule has 0 spiro atoms. The zero-order chi connectivity index (χ0) is 15.9. The minimum absolute atomic E-state index is 0.148. The van der Waals surface area contributed by atoms with E-state index in [0.29, 0.717) is 6.42 Å². The second-order valence-electron chi connectivity index (χ2n) is 5.34. The molecule has 0 saturated carbocycles. The molecule has 1 atom stereocenters. The number of amides is 1. The Labute approximate surface area is 127 Å². The van der Waals surface area contributed by atoms with E-state index in [4.69, 9.17) is 9.15 Å². The number of H-pyrrole nitrogens is 1. The van der Waals surface area contributed by atoms with Crippen LogP contribution in [0.15, 0.2) is 39.5 Å². The SMILES string of the molecule is CC(C)CC(NC(=O)OCc1ccccc1)c1n[nH]c(=O)o1. The number of aromatic amines is 1. The van der Waals surface area contributed by atoms with Crippen molar-refractivity contribution in [2.75, 3.05) is 0 Å². The van der Waals surface area contributed by atoms with Crippen LogP contribution in [0, 0.1) is 5.92 Å². The first-order valence-corrected chi connectivity index (χ1v) is 7.07. The molecular weight excluding hydrogens is 286 g/mol. The van der Waals surface area contributed by atoms with Gasteiger partial charge in [-0.25, -0.2) is 14.7 Å². The maximum atomic E-state index is 11.9. The molecule has 0 saturated heterocycles. The van der Waals surface area contributed by atoms with Crippen LogP contribution >= 0.6 is 0 Å². The highest BCUT2D eigenvalue weighted by molar-refractivity contribution is 5.67. The monoisotopic (exact) mass is 305 g/mol. The Bertz CT molecular complexity index is 648. The molecule has 2 aromatic rings. The molecular formula is C15H19N3O4. The highest BCUT2D eigenvalue weighted by Crippen LogP contribution is 2.18. The summed E-state index contributed by atoms with van der Waals surface area (Å²) in [5, 5.41) is 8.63. The van der Waals surface area contributed by atoms with Crippen LogP contribution < -0.4 is 11.1 Å². The van der Waals surface area contributed by atoms with Crippen LogP contribution in [0.2, 0.25) is 0 Å². The average Bonchev–Trinajstić information content (AvgIpc) is 2.92. The summed E-state index contributed by atoms with van der Waals surface area (Å²) in [4.78, 5) is 22.9. The predicted octanol–water partition coefficient (Wildman–Crippen LogP) is 2.38. The van der Waals surface area contributed by atoms with Gasteiger partial charge in [-0.1, -0.05) is 44.2 Å². The van der Waals surface area contributed by atoms with E-state index in [9.17, 15) is 9.59 Å². The molecule has 0 aliphatic carbocycles. The van der Waals surface area contributed by atoms with Gasteiger partial charge in [-0.05, 0) is 17.9 Å². The maximum Gasteiger partial charge on any atom is 0.434 e. The van der Waals surface area contributed by atoms with Crippen LogP contribution in [0.5, 0.6) is 0 Å². The minimum atomic E-state index is -0.650. The van der Waals surface area contributed by atoms with Gasteiger partial charge in [0.05, 0.1) is 0 Å². The molecule has 1 heterocycles. The number of hydrogen-bond acceptors (Lipinski definition) is 5. The largest absolute Gasteiger partial charge is 0.445 e. The number of nitrogens with one attached hydrogen (secondary N) is 2. The van der Waals surface area contributed by atoms with Gasteiger partial charge in [0.2, 0.25) is 5.89 Å². The third-order valence-electron chi connectivity index (χ3n) is 2.96. The lowest BCUT2D eigenvalue weighted by Gasteiger charge is -2.17. The molecule has 1 aromatic carbocycles. The lowest BCUT2D eigenvalue weighted by Crippen LogP contribution is -2.30. The molecule has 1 amide bonds. The van der Waals surface area contributed by atoms with Crippen molar-refractivity contribution >= 4 is 6.09 Å². The maximum absolute atomic E-state index is 11.9. The molecule has 2 rings (SSSR count). The van der Waals surface area contributed by atoms with Gasteiger partial charge in [-0.2, -0.15) is 0 Å². The molecule has 2 N–H and O–H groups in total. The van der Waals surface area contributed by atoms with E-state index in [1.807, 2.05) is 44.2 Å². The Morgan fingerprint density at radius 3 is 2.68 bits per heavy atom. The number of carbonyl (C=O) groups excluding carboxylic acids is 1. The summed E-state index contributed by atoms with van der Waals surface area (Å²) in [6.07, 6.45) is -0.00558. The van der Waals surface area contributed by atoms with Gasteiger partial charge in [-0.3, -0.25) is 0 Å². The van der Waals surface area contributed by atoms with Gasteiger partial charge in [-0.15, -0.1) is 5.10 Å². The zero-order valence-electron chi connectivity index (χ0n) is 12.5. The number of alkyl carbamates (subject to hydrolysis) is 1. The number of rotatable bonds is 6. The predicted molar refractivity (Wildman–Crippen MR) is 79.1 cm³/mol. The van der Waals surface area contributed by atoms with Crippen molar-refractivity contribution in [3.05, 3.63) is 52.3 Å².